The van der Waals surface area contributed by atoms with Crippen molar-refractivity contribution in [2.24, 2.45) is 5.92 Å². The maximum Gasteiger partial charge on any atom is 0.154 e. The predicted molar refractivity (Wildman–Crippen MR) is 132 cm³/mol. The van der Waals surface area contributed by atoms with Crippen LogP contribution < -0.4 is 10.2 Å². The minimum absolute atomic E-state index is 0.348. The molecule has 1 saturated heterocycles. The molecule has 6 heteroatoms. The maximum absolute atomic E-state index is 15.2. The summed E-state index contributed by atoms with van der Waals surface area (Å²) in [6.45, 7) is 8.37. The Morgan fingerprint density at radius 1 is 1.21 bits per heavy atom. The van der Waals surface area contributed by atoms with Crippen LogP contribution in [0.3, 0.4) is 0 Å². The topological polar surface area (TPSA) is 53.2 Å². The average molecular weight is 443 g/mol. The second kappa shape index (κ2) is 8.71. The van der Waals surface area contributed by atoms with E-state index in [1.165, 1.54) is 6.07 Å². The monoisotopic (exact) mass is 442 g/mol. The third-order valence-corrected chi connectivity index (χ3v) is 6.28. The molecule has 0 aliphatic carbocycles. The fourth-order valence-electron chi connectivity index (χ4n) is 4.52. The zero-order valence-corrected chi connectivity index (χ0v) is 18.9. The van der Waals surface area contributed by atoms with E-state index in [2.05, 4.69) is 40.0 Å². The summed E-state index contributed by atoms with van der Waals surface area (Å²) in [7, 11) is 1.56. The Bertz CT molecular complexity index is 1310. The SMILES string of the molecule is C=C(c1c(F)ccc(NN2CCC(C)C2)c1OC)c1c[nH]c2ncc(-c3ccccc3)cc12. The van der Waals surface area contributed by atoms with Crippen LogP contribution in [-0.2, 0) is 0 Å². The van der Waals surface area contributed by atoms with Crippen LogP contribution in [0.15, 0.2) is 67.5 Å². The average Bonchev–Trinajstić information content (AvgIpc) is 3.45. The van der Waals surface area contributed by atoms with E-state index in [0.29, 0.717) is 22.8 Å². The number of nitrogens with one attached hydrogen (secondary N) is 2. The number of benzene rings is 2. The van der Waals surface area contributed by atoms with Crippen molar-refractivity contribution < 1.29 is 9.13 Å². The number of fused-ring (bicyclic) bond motifs is 1. The van der Waals surface area contributed by atoms with Crippen molar-refractivity contribution in [2.75, 3.05) is 25.6 Å². The van der Waals surface area contributed by atoms with Crippen LogP contribution in [0.4, 0.5) is 10.1 Å². The molecule has 4 aromatic rings. The van der Waals surface area contributed by atoms with Crippen molar-refractivity contribution in [3.05, 3.63) is 84.4 Å². The molecule has 0 saturated carbocycles. The zero-order valence-electron chi connectivity index (χ0n) is 18.9. The molecule has 1 aliphatic heterocycles. The highest BCUT2D eigenvalue weighted by Gasteiger charge is 2.24. The highest BCUT2D eigenvalue weighted by Crippen LogP contribution is 2.40. The lowest BCUT2D eigenvalue weighted by Gasteiger charge is -2.22. The van der Waals surface area contributed by atoms with Gasteiger partial charge in [-0.25, -0.2) is 14.4 Å². The first kappa shape index (κ1) is 21.2. The Kier molecular flexibility index (Phi) is 5.60. The van der Waals surface area contributed by atoms with Gasteiger partial charge in [-0.3, -0.25) is 0 Å². The molecule has 2 aromatic carbocycles. The van der Waals surface area contributed by atoms with Gasteiger partial charge in [-0.05, 0) is 41.7 Å². The van der Waals surface area contributed by atoms with Gasteiger partial charge in [0.25, 0.3) is 0 Å². The van der Waals surface area contributed by atoms with E-state index in [9.17, 15) is 0 Å². The number of rotatable bonds is 6. The smallest absolute Gasteiger partial charge is 0.154 e. The van der Waals surface area contributed by atoms with Gasteiger partial charge in [-0.15, -0.1) is 0 Å². The molecule has 5 rings (SSSR count). The van der Waals surface area contributed by atoms with Gasteiger partial charge in [0.15, 0.2) is 5.75 Å². The molecular formula is C27H27FN4O. The Balaban J connectivity index is 1.56. The molecular weight excluding hydrogens is 415 g/mol. The summed E-state index contributed by atoms with van der Waals surface area (Å²) >= 11 is 0. The van der Waals surface area contributed by atoms with Crippen molar-refractivity contribution in [3.63, 3.8) is 0 Å². The van der Waals surface area contributed by atoms with Gasteiger partial charge in [0.2, 0.25) is 0 Å². The van der Waals surface area contributed by atoms with E-state index in [-0.39, 0.29) is 5.82 Å². The second-order valence-electron chi connectivity index (χ2n) is 8.62. The third-order valence-electron chi connectivity index (χ3n) is 6.28. The fourth-order valence-corrected chi connectivity index (χ4v) is 4.52. The van der Waals surface area contributed by atoms with Gasteiger partial charge in [-0.2, -0.15) is 0 Å². The lowest BCUT2D eigenvalue weighted by molar-refractivity contribution is 0.380. The lowest BCUT2D eigenvalue weighted by Crippen LogP contribution is -2.27. The highest BCUT2D eigenvalue weighted by molar-refractivity contribution is 5.98. The number of methoxy groups -OCH3 is 1. The second-order valence-corrected chi connectivity index (χ2v) is 8.62. The molecule has 168 valence electrons. The molecule has 33 heavy (non-hydrogen) atoms. The fraction of sp³-hybridized carbons (Fsp3) is 0.222. The zero-order chi connectivity index (χ0) is 22.9. The molecule has 5 nitrogen and oxygen atoms in total. The molecule has 0 amide bonds. The van der Waals surface area contributed by atoms with Gasteiger partial charge in [-0.1, -0.05) is 43.8 Å². The summed E-state index contributed by atoms with van der Waals surface area (Å²) in [6, 6.07) is 15.3. The van der Waals surface area contributed by atoms with E-state index in [0.717, 1.165) is 52.9 Å². The number of hydrogen-bond donors (Lipinski definition) is 2. The molecule has 2 N–H and O–H groups in total. The summed E-state index contributed by atoms with van der Waals surface area (Å²) in [5.74, 6) is 0.690. The summed E-state index contributed by atoms with van der Waals surface area (Å²) in [6.07, 6.45) is 4.79. The first-order chi connectivity index (χ1) is 16.0. The Morgan fingerprint density at radius 3 is 2.76 bits per heavy atom. The standard InChI is InChI=1S/C27H27FN4O/c1-17-11-12-32(16-17)31-24-10-9-23(28)25(26(24)33-3)18(2)22-15-30-27-21(22)13-20(14-29-27)19-7-5-4-6-8-19/h4-10,13-15,17,31H,2,11-12,16H2,1,3H3,(H,29,30). The van der Waals surface area contributed by atoms with Crippen LogP contribution in [0.2, 0.25) is 0 Å². The minimum atomic E-state index is -0.376. The number of aromatic amines is 1. The van der Waals surface area contributed by atoms with E-state index in [1.807, 2.05) is 42.7 Å². The maximum atomic E-state index is 15.2. The van der Waals surface area contributed by atoms with Crippen molar-refractivity contribution >= 4 is 22.3 Å². The Labute approximate surface area is 192 Å². The normalized spacial score (nSPS) is 16.3. The number of anilines is 1. The van der Waals surface area contributed by atoms with Crippen LogP contribution in [0.1, 0.15) is 24.5 Å². The third kappa shape index (κ3) is 3.98. The molecule has 1 unspecified atom stereocenters. The lowest BCUT2D eigenvalue weighted by atomic mass is 9.96. The van der Waals surface area contributed by atoms with Gasteiger partial charge in [0.05, 0.1) is 18.4 Å². The summed E-state index contributed by atoms with van der Waals surface area (Å²) in [5.41, 5.74) is 8.60. The number of hydrogen-bond acceptors (Lipinski definition) is 4. The van der Waals surface area contributed by atoms with E-state index in [4.69, 9.17) is 4.74 Å². The molecule has 0 spiro atoms. The van der Waals surface area contributed by atoms with Gasteiger partial charge in [0.1, 0.15) is 11.5 Å². The van der Waals surface area contributed by atoms with Crippen molar-refractivity contribution in [3.8, 4) is 16.9 Å². The Hall–Kier alpha value is -3.64. The molecule has 3 heterocycles. The number of H-pyrrole nitrogens is 1. The van der Waals surface area contributed by atoms with Crippen LogP contribution in [0.25, 0.3) is 27.7 Å². The molecule has 1 fully saturated rings. The quantitative estimate of drug-likeness (QED) is 0.378. The van der Waals surface area contributed by atoms with Crippen LogP contribution in [0, 0.1) is 11.7 Å². The van der Waals surface area contributed by atoms with Crippen LogP contribution in [-0.4, -0.2) is 35.2 Å². The first-order valence-corrected chi connectivity index (χ1v) is 11.2. The van der Waals surface area contributed by atoms with Crippen LogP contribution >= 0.6 is 0 Å². The summed E-state index contributed by atoms with van der Waals surface area (Å²) in [5, 5.41) is 3.03. The summed E-state index contributed by atoms with van der Waals surface area (Å²) < 4.78 is 20.9. The van der Waals surface area contributed by atoms with E-state index < -0.39 is 0 Å². The number of hydrazine groups is 1. The van der Waals surface area contributed by atoms with Gasteiger partial charge >= 0.3 is 0 Å². The molecule has 1 aliphatic rings. The number of ether oxygens (including phenoxy) is 1. The van der Waals surface area contributed by atoms with Crippen molar-refractivity contribution in [2.45, 2.75) is 13.3 Å². The van der Waals surface area contributed by atoms with Crippen molar-refractivity contribution in [1.82, 2.24) is 15.0 Å². The number of nitrogens with zero attached hydrogens (tertiary/aromatic N) is 2. The largest absolute Gasteiger partial charge is 0.494 e. The van der Waals surface area contributed by atoms with E-state index in [1.54, 1.807) is 13.2 Å². The number of pyridine rings is 1. The van der Waals surface area contributed by atoms with E-state index >= 15 is 4.39 Å². The van der Waals surface area contributed by atoms with Gasteiger partial charge < -0.3 is 15.1 Å². The molecule has 2 aromatic heterocycles. The highest BCUT2D eigenvalue weighted by atomic mass is 19.1. The minimum Gasteiger partial charge on any atom is -0.494 e. The predicted octanol–water partition coefficient (Wildman–Crippen LogP) is 6.11. The van der Waals surface area contributed by atoms with Crippen molar-refractivity contribution in [1.29, 1.82) is 0 Å². The van der Waals surface area contributed by atoms with Gasteiger partial charge in [0, 0.05) is 42.0 Å². The Morgan fingerprint density at radius 2 is 2.03 bits per heavy atom. The molecule has 0 bridgehead atoms. The number of halogens is 1. The molecule has 0 radical (unpaired) electrons. The summed E-state index contributed by atoms with van der Waals surface area (Å²) in [4.78, 5) is 7.77. The molecule has 1 atom stereocenters. The first-order valence-electron chi connectivity index (χ1n) is 11.2. The van der Waals surface area contributed by atoms with Crippen LogP contribution in [0.5, 0.6) is 5.75 Å². The number of aromatic nitrogens is 2.